The van der Waals surface area contributed by atoms with Gasteiger partial charge in [-0.15, -0.1) is 0 Å². The van der Waals surface area contributed by atoms with Gasteiger partial charge in [-0.25, -0.2) is 13.4 Å². The average Bonchev–Trinajstić information content (AvgIpc) is 2.69. The smallest absolute Gasteiger partial charge is 0.235 e. The zero-order valence-corrected chi connectivity index (χ0v) is 16.3. The van der Waals surface area contributed by atoms with Gasteiger partial charge in [-0.2, -0.15) is 0 Å². The standard InChI is InChI=1S/C20H19ClN2O3S/c1-2-27(24,25)23(15-16-7-6-14-22-20(16)21)17-10-12-19(13-11-17)26-18-8-4-3-5-9-18/h3-14H,2,15H2,1H3. The first-order valence-electron chi connectivity index (χ1n) is 8.42. The largest absolute Gasteiger partial charge is 0.457 e. The van der Waals surface area contributed by atoms with Crippen molar-refractivity contribution in [3.05, 3.63) is 83.6 Å². The van der Waals surface area contributed by atoms with Crippen molar-refractivity contribution in [1.29, 1.82) is 0 Å². The van der Waals surface area contributed by atoms with Gasteiger partial charge in [0.25, 0.3) is 0 Å². The van der Waals surface area contributed by atoms with Gasteiger partial charge >= 0.3 is 0 Å². The van der Waals surface area contributed by atoms with E-state index in [4.69, 9.17) is 16.3 Å². The molecule has 3 rings (SSSR count). The summed E-state index contributed by atoms with van der Waals surface area (Å²) in [6.45, 7) is 1.72. The van der Waals surface area contributed by atoms with Gasteiger partial charge in [0.2, 0.25) is 10.0 Å². The fourth-order valence-electron chi connectivity index (χ4n) is 2.50. The van der Waals surface area contributed by atoms with Crippen molar-refractivity contribution in [2.45, 2.75) is 13.5 Å². The summed E-state index contributed by atoms with van der Waals surface area (Å²) in [5.41, 5.74) is 1.18. The Hall–Kier alpha value is -2.57. The molecule has 2 aromatic carbocycles. The number of pyridine rings is 1. The average molecular weight is 403 g/mol. The van der Waals surface area contributed by atoms with E-state index in [0.717, 1.165) is 0 Å². The second-order valence-corrected chi connectivity index (χ2v) is 8.31. The number of rotatable bonds is 7. The lowest BCUT2D eigenvalue weighted by molar-refractivity contribution is 0.482. The van der Waals surface area contributed by atoms with E-state index in [-0.39, 0.29) is 17.5 Å². The Balaban J connectivity index is 1.87. The Morgan fingerprint density at radius 1 is 0.963 bits per heavy atom. The molecule has 3 aromatic rings. The number of para-hydroxylation sites is 1. The third-order valence-corrected chi connectivity index (χ3v) is 6.04. The molecule has 0 unspecified atom stereocenters. The molecule has 0 spiro atoms. The molecule has 0 saturated carbocycles. The van der Waals surface area contributed by atoms with Gasteiger partial charge in [0.15, 0.2) is 0 Å². The first-order chi connectivity index (χ1) is 13.0. The van der Waals surface area contributed by atoms with Gasteiger partial charge in [-0.1, -0.05) is 35.9 Å². The monoisotopic (exact) mass is 402 g/mol. The Morgan fingerprint density at radius 2 is 1.63 bits per heavy atom. The van der Waals surface area contributed by atoms with E-state index in [9.17, 15) is 8.42 Å². The number of nitrogens with zero attached hydrogens (tertiary/aromatic N) is 2. The van der Waals surface area contributed by atoms with Crippen LogP contribution in [0.5, 0.6) is 11.5 Å². The van der Waals surface area contributed by atoms with Crippen molar-refractivity contribution in [1.82, 2.24) is 4.98 Å². The van der Waals surface area contributed by atoms with Crippen molar-refractivity contribution in [3.8, 4) is 11.5 Å². The molecule has 0 fully saturated rings. The molecular weight excluding hydrogens is 384 g/mol. The number of benzene rings is 2. The third-order valence-electron chi connectivity index (χ3n) is 3.95. The minimum Gasteiger partial charge on any atom is -0.457 e. The number of anilines is 1. The Bertz CT molecular complexity index is 993. The molecule has 7 heteroatoms. The van der Waals surface area contributed by atoms with Crippen LogP contribution in [0.4, 0.5) is 5.69 Å². The zero-order valence-electron chi connectivity index (χ0n) is 14.7. The molecule has 0 atom stereocenters. The predicted molar refractivity (Wildman–Crippen MR) is 108 cm³/mol. The maximum absolute atomic E-state index is 12.6. The minimum atomic E-state index is -3.49. The van der Waals surface area contributed by atoms with E-state index >= 15 is 0 Å². The summed E-state index contributed by atoms with van der Waals surface area (Å²) < 4.78 is 32.3. The Labute approximate surface area is 164 Å². The Kier molecular flexibility index (Phi) is 5.98. The zero-order chi connectivity index (χ0) is 19.3. The van der Waals surface area contributed by atoms with Crippen LogP contribution in [0.2, 0.25) is 5.15 Å². The van der Waals surface area contributed by atoms with E-state index in [0.29, 0.717) is 22.7 Å². The highest BCUT2D eigenvalue weighted by Gasteiger charge is 2.22. The molecule has 0 aliphatic carbocycles. The summed E-state index contributed by atoms with van der Waals surface area (Å²) in [5, 5.41) is 0.290. The van der Waals surface area contributed by atoms with E-state index < -0.39 is 10.0 Å². The summed E-state index contributed by atoms with van der Waals surface area (Å²) in [6, 6.07) is 19.8. The molecule has 0 bridgehead atoms. The molecule has 0 radical (unpaired) electrons. The van der Waals surface area contributed by atoms with Crippen LogP contribution in [-0.4, -0.2) is 19.2 Å². The summed E-state index contributed by atoms with van der Waals surface area (Å²) in [4.78, 5) is 4.02. The number of sulfonamides is 1. The van der Waals surface area contributed by atoms with Crippen LogP contribution in [0.3, 0.4) is 0 Å². The number of ether oxygens (including phenoxy) is 1. The molecule has 0 amide bonds. The quantitative estimate of drug-likeness (QED) is 0.528. The van der Waals surface area contributed by atoms with Gasteiger partial charge in [-0.3, -0.25) is 4.31 Å². The number of hydrogen-bond acceptors (Lipinski definition) is 4. The van der Waals surface area contributed by atoms with Gasteiger partial charge in [0.1, 0.15) is 16.7 Å². The lowest BCUT2D eigenvalue weighted by atomic mass is 10.2. The van der Waals surface area contributed by atoms with Crippen LogP contribution in [0.15, 0.2) is 72.9 Å². The molecule has 1 heterocycles. The van der Waals surface area contributed by atoms with Crippen LogP contribution in [0, 0.1) is 0 Å². The van der Waals surface area contributed by atoms with E-state index in [1.165, 1.54) is 4.31 Å². The lowest BCUT2D eigenvalue weighted by Gasteiger charge is -2.24. The van der Waals surface area contributed by atoms with Crippen molar-refractivity contribution in [2.75, 3.05) is 10.1 Å². The second kappa shape index (κ2) is 8.41. The fourth-order valence-corrected chi connectivity index (χ4v) is 3.77. The second-order valence-electron chi connectivity index (χ2n) is 5.77. The molecule has 27 heavy (non-hydrogen) atoms. The minimum absolute atomic E-state index is 0.0207. The lowest BCUT2D eigenvalue weighted by Crippen LogP contribution is -2.32. The van der Waals surface area contributed by atoms with Crippen molar-refractivity contribution >= 4 is 27.3 Å². The van der Waals surface area contributed by atoms with Crippen molar-refractivity contribution in [2.24, 2.45) is 0 Å². The molecular formula is C20H19ClN2O3S. The van der Waals surface area contributed by atoms with Gasteiger partial charge in [0.05, 0.1) is 18.0 Å². The molecule has 0 saturated heterocycles. The van der Waals surface area contributed by atoms with E-state index in [1.54, 1.807) is 49.5 Å². The van der Waals surface area contributed by atoms with E-state index in [1.807, 2.05) is 30.3 Å². The highest BCUT2D eigenvalue weighted by Crippen LogP contribution is 2.28. The van der Waals surface area contributed by atoms with Crippen LogP contribution >= 0.6 is 11.6 Å². The SMILES string of the molecule is CCS(=O)(=O)N(Cc1cccnc1Cl)c1ccc(Oc2ccccc2)cc1. The molecule has 5 nitrogen and oxygen atoms in total. The van der Waals surface area contributed by atoms with E-state index in [2.05, 4.69) is 4.98 Å². The number of aromatic nitrogens is 1. The highest BCUT2D eigenvalue weighted by atomic mass is 35.5. The highest BCUT2D eigenvalue weighted by molar-refractivity contribution is 7.92. The Morgan fingerprint density at radius 3 is 2.26 bits per heavy atom. The molecule has 140 valence electrons. The summed E-state index contributed by atoms with van der Waals surface area (Å²) in [5.74, 6) is 1.32. The molecule has 0 N–H and O–H groups in total. The topological polar surface area (TPSA) is 59.5 Å². The summed E-state index contributed by atoms with van der Waals surface area (Å²) in [7, 11) is -3.49. The third kappa shape index (κ3) is 4.78. The number of hydrogen-bond donors (Lipinski definition) is 0. The first-order valence-corrected chi connectivity index (χ1v) is 10.4. The van der Waals surface area contributed by atoms with Crippen LogP contribution in [0.25, 0.3) is 0 Å². The summed E-state index contributed by atoms with van der Waals surface area (Å²) >= 11 is 6.11. The van der Waals surface area contributed by atoms with Crippen LogP contribution in [-0.2, 0) is 16.6 Å². The van der Waals surface area contributed by atoms with Gasteiger partial charge < -0.3 is 4.74 Å². The molecule has 1 aromatic heterocycles. The molecule has 0 aliphatic heterocycles. The van der Waals surface area contributed by atoms with Gasteiger partial charge in [0, 0.05) is 11.8 Å². The van der Waals surface area contributed by atoms with Crippen LogP contribution < -0.4 is 9.04 Å². The van der Waals surface area contributed by atoms with Crippen molar-refractivity contribution < 1.29 is 13.2 Å². The van der Waals surface area contributed by atoms with Crippen LogP contribution in [0.1, 0.15) is 12.5 Å². The number of halogens is 1. The predicted octanol–water partition coefficient (Wildman–Crippen LogP) is 4.88. The maximum Gasteiger partial charge on any atom is 0.235 e. The fraction of sp³-hybridized carbons (Fsp3) is 0.150. The maximum atomic E-state index is 12.6. The van der Waals surface area contributed by atoms with Crippen molar-refractivity contribution in [3.63, 3.8) is 0 Å². The van der Waals surface area contributed by atoms with Gasteiger partial charge in [-0.05, 0) is 49.4 Å². The summed E-state index contributed by atoms with van der Waals surface area (Å²) in [6.07, 6.45) is 1.57. The first kappa shape index (κ1) is 19.2. The molecule has 0 aliphatic rings. The normalized spacial score (nSPS) is 11.2.